The van der Waals surface area contributed by atoms with Crippen LogP contribution in [0.3, 0.4) is 0 Å². The van der Waals surface area contributed by atoms with E-state index in [4.69, 9.17) is 20.3 Å². The first kappa shape index (κ1) is 29.0. The van der Waals surface area contributed by atoms with Gasteiger partial charge in [-0.25, -0.2) is 4.79 Å². The second kappa shape index (κ2) is 15.7. The number of hydrogen-bond donors (Lipinski definition) is 4. The lowest BCUT2D eigenvalue weighted by molar-refractivity contribution is -0.154. The van der Waals surface area contributed by atoms with E-state index in [9.17, 15) is 18.0 Å². The van der Waals surface area contributed by atoms with Crippen LogP contribution in [0.15, 0.2) is 24.3 Å². The summed E-state index contributed by atoms with van der Waals surface area (Å²) in [7, 11) is 0. The minimum Gasteiger partial charge on any atom is -0.478 e. The standard InChI is InChI=1S/C22H31F3N6O5/c23-22(24,25)15-36-21-30-19(27-10-4-14-35-12-2-1-11-34-13-3-9-26)29-20(31-21)28-17-7-5-16(6-8-17)18(32)33/h5-8H,1-4,9-15,26H2,(H,32,33)(H2,27,28,29,30,31). The lowest BCUT2D eigenvalue weighted by Gasteiger charge is -2.12. The van der Waals surface area contributed by atoms with E-state index >= 15 is 0 Å². The van der Waals surface area contributed by atoms with Gasteiger partial charge in [-0.2, -0.15) is 28.1 Å². The van der Waals surface area contributed by atoms with Crippen LogP contribution in [-0.4, -0.2) is 78.3 Å². The van der Waals surface area contributed by atoms with Crippen molar-refractivity contribution in [1.29, 1.82) is 0 Å². The van der Waals surface area contributed by atoms with Crippen LogP contribution in [0.4, 0.5) is 30.8 Å². The molecule has 36 heavy (non-hydrogen) atoms. The minimum atomic E-state index is -4.56. The number of unbranched alkanes of at least 4 members (excludes halogenated alkanes) is 1. The van der Waals surface area contributed by atoms with Crippen LogP contribution in [0.2, 0.25) is 0 Å². The van der Waals surface area contributed by atoms with Gasteiger partial charge in [-0.15, -0.1) is 0 Å². The second-order valence-corrected chi connectivity index (χ2v) is 7.53. The van der Waals surface area contributed by atoms with E-state index in [1.165, 1.54) is 24.3 Å². The molecule has 0 fully saturated rings. The summed E-state index contributed by atoms with van der Waals surface area (Å²) in [5.74, 6) is -1.15. The van der Waals surface area contributed by atoms with Crippen molar-refractivity contribution in [2.24, 2.45) is 5.73 Å². The van der Waals surface area contributed by atoms with Crippen molar-refractivity contribution in [3.8, 4) is 6.01 Å². The Hall–Kier alpha value is -3.23. The molecule has 0 radical (unpaired) electrons. The molecule has 0 bridgehead atoms. The van der Waals surface area contributed by atoms with E-state index in [0.717, 1.165) is 19.3 Å². The number of anilines is 3. The Kier molecular flexibility index (Phi) is 12.6. The first-order valence-corrected chi connectivity index (χ1v) is 11.4. The molecule has 1 heterocycles. The molecule has 2 aromatic rings. The molecule has 5 N–H and O–H groups in total. The number of nitrogens with one attached hydrogen (secondary N) is 2. The van der Waals surface area contributed by atoms with Crippen LogP contribution in [0.5, 0.6) is 6.01 Å². The smallest absolute Gasteiger partial charge is 0.422 e. The molecular weight excluding hydrogens is 485 g/mol. The number of aromatic nitrogens is 3. The van der Waals surface area contributed by atoms with Gasteiger partial charge >= 0.3 is 18.2 Å². The number of halogens is 3. The Morgan fingerprint density at radius 1 is 0.917 bits per heavy atom. The second-order valence-electron chi connectivity index (χ2n) is 7.53. The maximum absolute atomic E-state index is 12.6. The summed E-state index contributed by atoms with van der Waals surface area (Å²) >= 11 is 0. The maximum atomic E-state index is 12.6. The minimum absolute atomic E-state index is 0.0152. The fourth-order valence-electron chi connectivity index (χ4n) is 2.70. The quantitative estimate of drug-likeness (QED) is 0.216. The van der Waals surface area contributed by atoms with Gasteiger partial charge in [0.15, 0.2) is 6.61 Å². The van der Waals surface area contributed by atoms with Crippen LogP contribution >= 0.6 is 0 Å². The number of rotatable bonds is 18. The zero-order valence-electron chi connectivity index (χ0n) is 19.7. The van der Waals surface area contributed by atoms with Crippen molar-refractivity contribution >= 4 is 23.6 Å². The van der Waals surface area contributed by atoms with Crippen molar-refractivity contribution in [1.82, 2.24) is 15.0 Å². The molecule has 11 nitrogen and oxygen atoms in total. The first-order chi connectivity index (χ1) is 17.3. The highest BCUT2D eigenvalue weighted by Gasteiger charge is 2.29. The van der Waals surface area contributed by atoms with Crippen molar-refractivity contribution in [3.05, 3.63) is 29.8 Å². The number of nitrogens with two attached hydrogens (primary N) is 1. The molecule has 14 heteroatoms. The summed E-state index contributed by atoms with van der Waals surface area (Å²) in [5.41, 5.74) is 5.89. The van der Waals surface area contributed by atoms with Crippen molar-refractivity contribution in [3.63, 3.8) is 0 Å². The highest BCUT2D eigenvalue weighted by molar-refractivity contribution is 5.88. The molecule has 0 unspecified atom stereocenters. The predicted molar refractivity (Wildman–Crippen MR) is 126 cm³/mol. The van der Waals surface area contributed by atoms with Gasteiger partial charge in [-0.3, -0.25) is 0 Å². The molecule has 1 aromatic carbocycles. The number of aromatic carboxylic acids is 1. The zero-order chi connectivity index (χ0) is 26.2. The summed E-state index contributed by atoms with van der Waals surface area (Å²) < 4.78 is 53.3. The van der Waals surface area contributed by atoms with Crippen LogP contribution < -0.4 is 21.1 Å². The first-order valence-electron chi connectivity index (χ1n) is 11.4. The SMILES string of the molecule is NCCCOCCCCOCCCNc1nc(Nc2ccc(C(=O)O)cc2)nc(OCC(F)(F)F)n1. The number of carboxylic acid groups (broad SMARTS) is 1. The molecule has 0 spiro atoms. The number of benzene rings is 1. The van der Waals surface area contributed by atoms with Gasteiger partial charge < -0.3 is 35.7 Å². The third-order valence-corrected chi connectivity index (χ3v) is 4.44. The highest BCUT2D eigenvalue weighted by atomic mass is 19.4. The molecule has 0 saturated heterocycles. The Bertz CT molecular complexity index is 918. The van der Waals surface area contributed by atoms with Gasteiger partial charge in [0.25, 0.3) is 0 Å². The van der Waals surface area contributed by atoms with Crippen molar-refractivity contribution in [2.45, 2.75) is 31.9 Å². The lowest BCUT2D eigenvalue weighted by Crippen LogP contribution is -2.21. The summed E-state index contributed by atoms with van der Waals surface area (Å²) in [6.07, 6.45) is -1.35. The van der Waals surface area contributed by atoms with E-state index in [1.807, 2.05) is 0 Å². The van der Waals surface area contributed by atoms with Gasteiger partial charge in [0.1, 0.15) is 0 Å². The maximum Gasteiger partial charge on any atom is 0.422 e. The van der Waals surface area contributed by atoms with Gasteiger partial charge in [-0.05, 0) is 56.5 Å². The van der Waals surface area contributed by atoms with Gasteiger partial charge in [0.2, 0.25) is 11.9 Å². The Morgan fingerprint density at radius 2 is 1.53 bits per heavy atom. The summed E-state index contributed by atoms with van der Waals surface area (Å²) in [6, 6.07) is 5.15. The lowest BCUT2D eigenvalue weighted by atomic mass is 10.2. The number of hydrogen-bond acceptors (Lipinski definition) is 10. The van der Waals surface area contributed by atoms with Crippen LogP contribution in [0.1, 0.15) is 36.0 Å². The summed E-state index contributed by atoms with van der Waals surface area (Å²) in [4.78, 5) is 22.8. The number of carboxylic acids is 1. The number of alkyl halides is 3. The average molecular weight is 517 g/mol. The number of ether oxygens (including phenoxy) is 3. The summed E-state index contributed by atoms with van der Waals surface area (Å²) in [5, 5.41) is 14.7. The molecule has 0 aliphatic carbocycles. The third-order valence-electron chi connectivity index (χ3n) is 4.44. The molecular formula is C22H31F3N6O5. The average Bonchev–Trinajstić information content (AvgIpc) is 2.83. The molecule has 0 atom stereocenters. The molecule has 1 aromatic heterocycles. The molecule has 0 aliphatic heterocycles. The largest absolute Gasteiger partial charge is 0.478 e. The fraction of sp³-hybridized carbons (Fsp3) is 0.545. The summed E-state index contributed by atoms with van der Waals surface area (Å²) in [6.45, 7) is 1.86. The van der Waals surface area contributed by atoms with Gasteiger partial charge in [-0.1, -0.05) is 0 Å². The zero-order valence-corrected chi connectivity index (χ0v) is 19.7. The topological polar surface area (TPSA) is 154 Å². The van der Waals surface area contributed by atoms with Crippen LogP contribution in [0.25, 0.3) is 0 Å². The number of nitrogens with zero attached hydrogens (tertiary/aromatic N) is 3. The monoisotopic (exact) mass is 516 g/mol. The molecule has 0 aliphatic rings. The molecule has 2 rings (SSSR count). The Labute approximate surface area is 206 Å². The number of carbonyl (C=O) groups is 1. The molecule has 200 valence electrons. The van der Waals surface area contributed by atoms with E-state index in [-0.39, 0.29) is 17.5 Å². The van der Waals surface area contributed by atoms with Crippen molar-refractivity contribution in [2.75, 3.05) is 56.8 Å². The highest BCUT2D eigenvalue weighted by Crippen LogP contribution is 2.20. The van der Waals surface area contributed by atoms with E-state index in [2.05, 4.69) is 30.3 Å². The fourth-order valence-corrected chi connectivity index (χ4v) is 2.70. The third kappa shape index (κ3) is 12.5. The molecule has 0 amide bonds. The Balaban J connectivity index is 1.83. The van der Waals surface area contributed by atoms with Gasteiger partial charge in [0.05, 0.1) is 5.56 Å². The molecule has 0 saturated carbocycles. The van der Waals surface area contributed by atoms with Crippen LogP contribution in [0, 0.1) is 0 Å². The predicted octanol–water partition coefficient (Wildman–Crippen LogP) is 3.22. The van der Waals surface area contributed by atoms with E-state index in [1.54, 1.807) is 0 Å². The van der Waals surface area contributed by atoms with E-state index < -0.39 is 24.8 Å². The van der Waals surface area contributed by atoms with E-state index in [0.29, 0.717) is 51.6 Å². The Morgan fingerprint density at radius 3 is 2.14 bits per heavy atom. The van der Waals surface area contributed by atoms with Gasteiger partial charge in [0, 0.05) is 38.7 Å². The van der Waals surface area contributed by atoms with Crippen molar-refractivity contribution < 1.29 is 37.3 Å². The van der Waals surface area contributed by atoms with Crippen LogP contribution in [-0.2, 0) is 9.47 Å². The normalized spacial score (nSPS) is 11.3.